The van der Waals surface area contributed by atoms with Gasteiger partial charge in [-0.15, -0.1) is 0 Å². The molecule has 3 heteroatoms. The maximum atomic E-state index is 11.7. The minimum absolute atomic E-state index is 0.0662. The molecule has 0 bridgehead atoms. The van der Waals surface area contributed by atoms with E-state index in [1.807, 2.05) is 19.1 Å². The maximum absolute atomic E-state index is 11.7. The molecule has 0 aliphatic rings. The van der Waals surface area contributed by atoms with Crippen molar-refractivity contribution in [2.24, 2.45) is 0 Å². The van der Waals surface area contributed by atoms with Crippen molar-refractivity contribution in [3.8, 4) is 0 Å². The van der Waals surface area contributed by atoms with Crippen molar-refractivity contribution in [1.82, 2.24) is 10.6 Å². The Labute approximate surface area is 110 Å². The Hall–Kier alpha value is -1.35. The summed E-state index contributed by atoms with van der Waals surface area (Å²) in [5.74, 6) is 0.0946. The van der Waals surface area contributed by atoms with Crippen LogP contribution in [0.2, 0.25) is 0 Å². The Morgan fingerprint density at radius 1 is 1.28 bits per heavy atom. The Morgan fingerprint density at radius 3 is 2.61 bits per heavy atom. The SMILES string of the molecule is Cc1cccc([C@@H](C)NC(=O)CCNC(C)C)c1. The maximum Gasteiger partial charge on any atom is 0.221 e. The second-order valence-electron chi connectivity index (χ2n) is 5.06. The lowest BCUT2D eigenvalue weighted by Crippen LogP contribution is -2.31. The molecule has 0 heterocycles. The van der Waals surface area contributed by atoms with Gasteiger partial charge < -0.3 is 10.6 Å². The van der Waals surface area contributed by atoms with Gasteiger partial charge in [0.05, 0.1) is 6.04 Å². The van der Waals surface area contributed by atoms with Crippen molar-refractivity contribution in [1.29, 1.82) is 0 Å². The summed E-state index contributed by atoms with van der Waals surface area (Å²) in [6.07, 6.45) is 0.522. The van der Waals surface area contributed by atoms with Crippen LogP contribution in [-0.2, 0) is 4.79 Å². The fourth-order valence-electron chi connectivity index (χ4n) is 1.81. The van der Waals surface area contributed by atoms with Crippen molar-refractivity contribution in [3.63, 3.8) is 0 Å². The number of benzene rings is 1. The molecule has 3 nitrogen and oxygen atoms in total. The Morgan fingerprint density at radius 2 is 2.00 bits per heavy atom. The monoisotopic (exact) mass is 248 g/mol. The summed E-state index contributed by atoms with van der Waals surface area (Å²) < 4.78 is 0. The van der Waals surface area contributed by atoms with Gasteiger partial charge in [0.1, 0.15) is 0 Å². The van der Waals surface area contributed by atoms with E-state index in [4.69, 9.17) is 0 Å². The van der Waals surface area contributed by atoms with Gasteiger partial charge in [-0.2, -0.15) is 0 Å². The van der Waals surface area contributed by atoms with Crippen LogP contribution in [0.1, 0.15) is 44.4 Å². The standard InChI is InChI=1S/C15H24N2O/c1-11(2)16-9-8-15(18)17-13(4)14-7-5-6-12(3)10-14/h5-7,10-11,13,16H,8-9H2,1-4H3,(H,17,18)/t13-/m1/s1. The predicted octanol–water partition coefficient (Wildman–Crippen LogP) is 2.56. The summed E-state index contributed by atoms with van der Waals surface area (Å²) in [6, 6.07) is 8.73. The molecule has 0 aliphatic heterocycles. The van der Waals surface area contributed by atoms with E-state index in [9.17, 15) is 4.79 Å². The zero-order valence-corrected chi connectivity index (χ0v) is 11.8. The molecule has 100 valence electrons. The molecule has 1 atom stereocenters. The van der Waals surface area contributed by atoms with E-state index in [2.05, 4.69) is 43.5 Å². The molecule has 1 amide bonds. The molecule has 1 rings (SSSR count). The number of amides is 1. The highest BCUT2D eigenvalue weighted by molar-refractivity contribution is 5.76. The van der Waals surface area contributed by atoms with Crippen molar-refractivity contribution in [2.45, 2.75) is 46.2 Å². The van der Waals surface area contributed by atoms with E-state index in [0.717, 1.165) is 12.1 Å². The largest absolute Gasteiger partial charge is 0.350 e. The first kappa shape index (κ1) is 14.7. The predicted molar refractivity (Wildman–Crippen MR) is 75.5 cm³/mol. The highest BCUT2D eigenvalue weighted by Crippen LogP contribution is 2.13. The van der Waals surface area contributed by atoms with Gasteiger partial charge in [0.15, 0.2) is 0 Å². The van der Waals surface area contributed by atoms with Crippen molar-refractivity contribution >= 4 is 5.91 Å². The van der Waals surface area contributed by atoms with Gasteiger partial charge in [0.25, 0.3) is 0 Å². The normalized spacial score (nSPS) is 12.5. The van der Waals surface area contributed by atoms with Crippen molar-refractivity contribution in [2.75, 3.05) is 6.54 Å². The molecular weight excluding hydrogens is 224 g/mol. The second kappa shape index (κ2) is 7.17. The lowest BCUT2D eigenvalue weighted by Gasteiger charge is -2.15. The van der Waals surface area contributed by atoms with Gasteiger partial charge in [0.2, 0.25) is 5.91 Å². The third kappa shape index (κ3) is 5.32. The number of carbonyl (C=O) groups excluding carboxylic acids is 1. The van der Waals surface area contributed by atoms with Crippen LogP contribution >= 0.6 is 0 Å². The van der Waals surface area contributed by atoms with Crippen molar-refractivity contribution < 1.29 is 4.79 Å². The molecule has 0 aromatic heterocycles. The van der Waals surface area contributed by atoms with Crippen LogP contribution in [0.25, 0.3) is 0 Å². The van der Waals surface area contributed by atoms with Gasteiger partial charge in [-0.25, -0.2) is 0 Å². The third-order valence-corrected chi connectivity index (χ3v) is 2.82. The van der Waals surface area contributed by atoms with Crippen molar-refractivity contribution in [3.05, 3.63) is 35.4 Å². The molecule has 1 aromatic rings. The highest BCUT2D eigenvalue weighted by Gasteiger charge is 2.09. The van der Waals surface area contributed by atoms with Crippen LogP contribution in [0.5, 0.6) is 0 Å². The molecule has 0 saturated carbocycles. The molecule has 0 radical (unpaired) electrons. The quantitative estimate of drug-likeness (QED) is 0.812. The van der Waals surface area contributed by atoms with E-state index in [-0.39, 0.29) is 11.9 Å². The van der Waals surface area contributed by atoms with E-state index in [1.54, 1.807) is 0 Å². The van der Waals surface area contributed by atoms with Crippen LogP contribution in [-0.4, -0.2) is 18.5 Å². The Balaban J connectivity index is 2.40. The molecule has 0 aliphatic carbocycles. The minimum atomic E-state index is 0.0662. The fraction of sp³-hybridized carbons (Fsp3) is 0.533. The zero-order chi connectivity index (χ0) is 13.5. The number of rotatable bonds is 6. The number of carbonyl (C=O) groups is 1. The third-order valence-electron chi connectivity index (χ3n) is 2.82. The second-order valence-corrected chi connectivity index (χ2v) is 5.06. The molecule has 1 aromatic carbocycles. The van der Waals surface area contributed by atoms with Gasteiger partial charge in [-0.3, -0.25) is 4.79 Å². The highest BCUT2D eigenvalue weighted by atomic mass is 16.1. The molecule has 0 unspecified atom stereocenters. The van der Waals surface area contributed by atoms with Crippen LogP contribution < -0.4 is 10.6 Å². The summed E-state index contributed by atoms with van der Waals surface area (Å²) in [7, 11) is 0. The van der Waals surface area contributed by atoms with Crippen LogP contribution in [0.4, 0.5) is 0 Å². The number of hydrogen-bond donors (Lipinski definition) is 2. The summed E-state index contributed by atoms with van der Waals surface area (Å²) in [6.45, 7) is 8.96. The summed E-state index contributed by atoms with van der Waals surface area (Å²) in [4.78, 5) is 11.7. The van der Waals surface area contributed by atoms with Gasteiger partial charge in [-0.1, -0.05) is 43.7 Å². The average Bonchev–Trinajstić information content (AvgIpc) is 2.28. The van der Waals surface area contributed by atoms with E-state index in [0.29, 0.717) is 12.5 Å². The summed E-state index contributed by atoms with van der Waals surface area (Å²) in [5, 5.41) is 6.26. The summed E-state index contributed by atoms with van der Waals surface area (Å²) >= 11 is 0. The molecule has 2 N–H and O–H groups in total. The topological polar surface area (TPSA) is 41.1 Å². The van der Waals surface area contributed by atoms with E-state index < -0.39 is 0 Å². The number of aryl methyl sites for hydroxylation is 1. The molecule has 0 spiro atoms. The minimum Gasteiger partial charge on any atom is -0.350 e. The molecular formula is C15H24N2O. The molecule has 18 heavy (non-hydrogen) atoms. The first-order chi connectivity index (χ1) is 8.49. The van der Waals surface area contributed by atoms with E-state index in [1.165, 1.54) is 5.56 Å². The lowest BCUT2D eigenvalue weighted by atomic mass is 10.1. The smallest absolute Gasteiger partial charge is 0.221 e. The zero-order valence-electron chi connectivity index (χ0n) is 11.8. The number of nitrogens with one attached hydrogen (secondary N) is 2. The number of hydrogen-bond acceptors (Lipinski definition) is 2. The summed E-state index contributed by atoms with van der Waals surface area (Å²) in [5.41, 5.74) is 2.37. The van der Waals surface area contributed by atoms with Gasteiger partial charge in [-0.05, 0) is 19.4 Å². The van der Waals surface area contributed by atoms with Crippen LogP contribution in [0, 0.1) is 6.92 Å². The first-order valence-electron chi connectivity index (χ1n) is 6.58. The Kier molecular flexibility index (Phi) is 5.86. The lowest BCUT2D eigenvalue weighted by molar-refractivity contribution is -0.121. The Bertz CT molecular complexity index is 388. The molecule has 0 saturated heterocycles. The van der Waals surface area contributed by atoms with Crippen LogP contribution in [0.3, 0.4) is 0 Å². The van der Waals surface area contributed by atoms with Gasteiger partial charge in [0, 0.05) is 19.0 Å². The molecule has 0 fully saturated rings. The first-order valence-corrected chi connectivity index (χ1v) is 6.58. The van der Waals surface area contributed by atoms with Gasteiger partial charge >= 0.3 is 0 Å². The fourth-order valence-corrected chi connectivity index (χ4v) is 1.81. The average molecular weight is 248 g/mol. The van der Waals surface area contributed by atoms with Crippen LogP contribution in [0.15, 0.2) is 24.3 Å². The van der Waals surface area contributed by atoms with E-state index >= 15 is 0 Å².